The SMILES string of the molecule is CC(C)(NC(=O)c1ccncc1)C(=O)Nc1nc(-c2ccccc2)c(Cc2ccccc2)s1. The van der Waals surface area contributed by atoms with Crippen molar-refractivity contribution in [2.75, 3.05) is 5.32 Å². The van der Waals surface area contributed by atoms with Gasteiger partial charge in [0.15, 0.2) is 5.13 Å². The molecule has 0 aliphatic carbocycles. The van der Waals surface area contributed by atoms with Crippen LogP contribution in [-0.4, -0.2) is 27.3 Å². The number of anilines is 1. The molecule has 0 bridgehead atoms. The van der Waals surface area contributed by atoms with Crippen molar-refractivity contribution in [1.29, 1.82) is 0 Å². The van der Waals surface area contributed by atoms with Gasteiger partial charge in [-0.2, -0.15) is 0 Å². The Bertz CT molecular complexity index is 1240. The molecule has 2 amide bonds. The van der Waals surface area contributed by atoms with E-state index in [0.717, 1.165) is 16.1 Å². The minimum Gasteiger partial charge on any atom is -0.338 e. The summed E-state index contributed by atoms with van der Waals surface area (Å²) in [6.07, 6.45) is 3.79. The van der Waals surface area contributed by atoms with Crippen LogP contribution in [0, 0.1) is 0 Å². The molecule has 7 heteroatoms. The van der Waals surface area contributed by atoms with Crippen LogP contribution in [0.15, 0.2) is 85.2 Å². The van der Waals surface area contributed by atoms with Crippen LogP contribution in [0.3, 0.4) is 0 Å². The Morgan fingerprint density at radius 2 is 1.55 bits per heavy atom. The number of thiazole rings is 1. The lowest BCUT2D eigenvalue weighted by molar-refractivity contribution is -0.120. The summed E-state index contributed by atoms with van der Waals surface area (Å²) in [5, 5.41) is 6.18. The molecule has 2 aromatic carbocycles. The summed E-state index contributed by atoms with van der Waals surface area (Å²) >= 11 is 1.44. The van der Waals surface area contributed by atoms with Gasteiger partial charge in [-0.15, -0.1) is 11.3 Å². The molecule has 0 spiro atoms. The first-order valence-electron chi connectivity index (χ1n) is 10.6. The van der Waals surface area contributed by atoms with Gasteiger partial charge >= 0.3 is 0 Å². The van der Waals surface area contributed by atoms with E-state index in [1.165, 1.54) is 29.3 Å². The minimum absolute atomic E-state index is 0.341. The number of rotatable bonds is 7. The second-order valence-electron chi connectivity index (χ2n) is 8.09. The fraction of sp³-hybridized carbons (Fsp3) is 0.154. The lowest BCUT2D eigenvalue weighted by atomic mass is 10.0. The predicted molar refractivity (Wildman–Crippen MR) is 131 cm³/mol. The largest absolute Gasteiger partial charge is 0.338 e. The molecular weight excluding hydrogens is 432 g/mol. The highest BCUT2D eigenvalue weighted by atomic mass is 32.1. The maximum atomic E-state index is 13.0. The number of carbonyl (C=O) groups is 2. The van der Waals surface area contributed by atoms with E-state index in [9.17, 15) is 9.59 Å². The third-order valence-corrected chi connectivity index (χ3v) is 6.08. The molecule has 33 heavy (non-hydrogen) atoms. The number of pyridine rings is 1. The second-order valence-corrected chi connectivity index (χ2v) is 9.17. The maximum absolute atomic E-state index is 13.0. The van der Waals surface area contributed by atoms with Gasteiger partial charge in [0, 0.05) is 34.8 Å². The van der Waals surface area contributed by atoms with Crippen molar-refractivity contribution in [2.24, 2.45) is 0 Å². The predicted octanol–water partition coefficient (Wildman–Crippen LogP) is 4.94. The highest BCUT2D eigenvalue weighted by Crippen LogP contribution is 2.33. The Hall–Kier alpha value is -3.84. The van der Waals surface area contributed by atoms with Crippen LogP contribution in [0.1, 0.15) is 34.6 Å². The molecule has 0 radical (unpaired) electrons. The van der Waals surface area contributed by atoms with Gasteiger partial charge in [-0.3, -0.25) is 19.9 Å². The number of hydrogen-bond acceptors (Lipinski definition) is 5. The minimum atomic E-state index is -1.14. The molecule has 2 heterocycles. The number of benzene rings is 2. The third-order valence-electron chi connectivity index (χ3n) is 5.11. The Kier molecular flexibility index (Phi) is 6.60. The number of hydrogen-bond donors (Lipinski definition) is 2. The van der Waals surface area contributed by atoms with E-state index >= 15 is 0 Å². The average Bonchev–Trinajstić information content (AvgIpc) is 3.22. The standard InChI is InChI=1S/C26H24N4O2S/c1-26(2,30-23(31)20-13-15-27-16-14-20)24(32)29-25-28-22(19-11-7-4-8-12-19)21(33-25)17-18-9-5-3-6-10-18/h3-16H,17H2,1-2H3,(H,30,31)(H,28,29,32). The van der Waals surface area contributed by atoms with Crippen molar-refractivity contribution in [3.8, 4) is 11.3 Å². The summed E-state index contributed by atoms with van der Waals surface area (Å²) in [6, 6.07) is 23.3. The Morgan fingerprint density at radius 1 is 0.909 bits per heavy atom. The Morgan fingerprint density at radius 3 is 2.21 bits per heavy atom. The van der Waals surface area contributed by atoms with E-state index < -0.39 is 5.54 Å². The monoisotopic (exact) mass is 456 g/mol. The highest BCUT2D eigenvalue weighted by molar-refractivity contribution is 7.16. The molecule has 6 nitrogen and oxygen atoms in total. The van der Waals surface area contributed by atoms with Gasteiger partial charge in [0.1, 0.15) is 5.54 Å². The van der Waals surface area contributed by atoms with Crippen molar-refractivity contribution in [2.45, 2.75) is 25.8 Å². The molecule has 4 aromatic rings. The smallest absolute Gasteiger partial charge is 0.252 e. The molecular formula is C26H24N4O2S. The lowest BCUT2D eigenvalue weighted by Gasteiger charge is -2.24. The van der Waals surface area contributed by atoms with Crippen molar-refractivity contribution < 1.29 is 9.59 Å². The Labute approximate surface area is 196 Å². The van der Waals surface area contributed by atoms with Gasteiger partial charge in [-0.1, -0.05) is 60.7 Å². The summed E-state index contributed by atoms with van der Waals surface area (Å²) in [4.78, 5) is 35.3. The quantitative estimate of drug-likeness (QED) is 0.412. The molecule has 0 aliphatic heterocycles. The zero-order valence-corrected chi connectivity index (χ0v) is 19.2. The van der Waals surface area contributed by atoms with Gasteiger partial charge in [-0.05, 0) is 31.5 Å². The van der Waals surface area contributed by atoms with Crippen molar-refractivity contribution in [3.63, 3.8) is 0 Å². The lowest BCUT2D eigenvalue weighted by Crippen LogP contribution is -2.52. The summed E-state index contributed by atoms with van der Waals surface area (Å²) < 4.78 is 0. The van der Waals surface area contributed by atoms with E-state index in [0.29, 0.717) is 17.1 Å². The first-order valence-corrected chi connectivity index (χ1v) is 11.4. The summed E-state index contributed by atoms with van der Waals surface area (Å²) in [6.45, 7) is 3.33. The summed E-state index contributed by atoms with van der Waals surface area (Å²) in [5.41, 5.74) is 2.31. The van der Waals surface area contributed by atoms with E-state index in [1.807, 2.05) is 48.5 Å². The van der Waals surface area contributed by atoms with Crippen LogP contribution in [0.25, 0.3) is 11.3 Å². The number of amides is 2. The van der Waals surface area contributed by atoms with E-state index in [-0.39, 0.29) is 11.8 Å². The molecule has 166 valence electrons. The van der Waals surface area contributed by atoms with Crippen molar-refractivity contribution in [3.05, 3.63) is 101 Å². The van der Waals surface area contributed by atoms with E-state index in [1.54, 1.807) is 26.0 Å². The fourth-order valence-electron chi connectivity index (χ4n) is 3.30. The molecule has 4 rings (SSSR count). The maximum Gasteiger partial charge on any atom is 0.252 e. The van der Waals surface area contributed by atoms with Crippen LogP contribution >= 0.6 is 11.3 Å². The summed E-state index contributed by atoms with van der Waals surface area (Å²) in [7, 11) is 0. The van der Waals surface area contributed by atoms with E-state index in [4.69, 9.17) is 4.98 Å². The number of carbonyl (C=O) groups excluding carboxylic acids is 2. The molecule has 0 fully saturated rings. The highest BCUT2D eigenvalue weighted by Gasteiger charge is 2.31. The zero-order valence-electron chi connectivity index (χ0n) is 18.4. The van der Waals surface area contributed by atoms with Crippen LogP contribution in [0.5, 0.6) is 0 Å². The zero-order chi connectivity index (χ0) is 23.3. The topological polar surface area (TPSA) is 84.0 Å². The Balaban J connectivity index is 1.55. The van der Waals surface area contributed by atoms with Gasteiger partial charge in [0.2, 0.25) is 0 Å². The second kappa shape index (κ2) is 9.75. The third kappa shape index (κ3) is 5.51. The average molecular weight is 457 g/mol. The van der Waals surface area contributed by atoms with Crippen LogP contribution < -0.4 is 10.6 Å². The van der Waals surface area contributed by atoms with E-state index in [2.05, 4.69) is 27.8 Å². The summed E-state index contributed by atoms with van der Waals surface area (Å²) in [5.74, 6) is -0.684. The fourth-order valence-corrected chi connectivity index (χ4v) is 4.31. The van der Waals surface area contributed by atoms with Gasteiger partial charge < -0.3 is 5.32 Å². The number of aromatic nitrogens is 2. The van der Waals surface area contributed by atoms with Crippen LogP contribution in [-0.2, 0) is 11.2 Å². The molecule has 0 aliphatic rings. The van der Waals surface area contributed by atoms with Gasteiger partial charge in [0.25, 0.3) is 11.8 Å². The molecule has 0 atom stereocenters. The number of nitrogens with one attached hydrogen (secondary N) is 2. The molecule has 2 aromatic heterocycles. The van der Waals surface area contributed by atoms with Crippen molar-refractivity contribution in [1.82, 2.24) is 15.3 Å². The first kappa shape index (κ1) is 22.4. The normalized spacial score (nSPS) is 11.1. The van der Waals surface area contributed by atoms with Crippen LogP contribution in [0.2, 0.25) is 0 Å². The van der Waals surface area contributed by atoms with Crippen molar-refractivity contribution >= 4 is 28.3 Å². The molecule has 0 unspecified atom stereocenters. The molecule has 0 saturated carbocycles. The van der Waals surface area contributed by atoms with Crippen LogP contribution in [0.4, 0.5) is 5.13 Å². The van der Waals surface area contributed by atoms with Gasteiger partial charge in [-0.25, -0.2) is 4.98 Å². The first-order chi connectivity index (χ1) is 15.9. The molecule has 2 N–H and O–H groups in total. The number of nitrogens with zero attached hydrogens (tertiary/aromatic N) is 2. The molecule has 0 saturated heterocycles. The van der Waals surface area contributed by atoms with Gasteiger partial charge in [0.05, 0.1) is 5.69 Å².